The molecule has 1 amide bonds. The van der Waals surface area contributed by atoms with E-state index in [0.29, 0.717) is 22.6 Å². The molecule has 0 radical (unpaired) electrons. The largest absolute Gasteiger partial charge is 0.480 e. The van der Waals surface area contributed by atoms with Gasteiger partial charge in [-0.25, -0.2) is 9.78 Å². The van der Waals surface area contributed by atoms with Gasteiger partial charge in [0.05, 0.1) is 16.7 Å². The summed E-state index contributed by atoms with van der Waals surface area (Å²) < 4.78 is 1.51. The van der Waals surface area contributed by atoms with Crippen molar-refractivity contribution >= 4 is 45.4 Å². The molecule has 2 aromatic carbocycles. The zero-order valence-corrected chi connectivity index (χ0v) is 18.2. The Hall–Kier alpha value is -3.59. The number of carboxylic acids is 1. The molecular formula is C23H22N4O4S. The van der Waals surface area contributed by atoms with Crippen molar-refractivity contribution in [1.82, 2.24) is 19.9 Å². The van der Waals surface area contributed by atoms with E-state index in [1.54, 1.807) is 30.5 Å². The number of aliphatic carboxylic acids is 1. The van der Waals surface area contributed by atoms with Crippen LogP contribution in [0.5, 0.6) is 0 Å². The van der Waals surface area contributed by atoms with Gasteiger partial charge in [0.1, 0.15) is 6.04 Å². The Kier molecular flexibility index (Phi) is 6.27. The van der Waals surface area contributed by atoms with Crippen LogP contribution in [0.4, 0.5) is 0 Å². The quantitative estimate of drug-likeness (QED) is 0.281. The summed E-state index contributed by atoms with van der Waals surface area (Å²) in [5, 5.41) is 14.1. The smallest absolute Gasteiger partial charge is 0.326 e. The van der Waals surface area contributed by atoms with Crippen LogP contribution in [-0.2, 0) is 22.6 Å². The molecule has 4 rings (SSSR count). The lowest BCUT2D eigenvalue weighted by Crippen LogP contribution is -2.43. The highest BCUT2D eigenvalue weighted by Gasteiger charge is 2.22. The van der Waals surface area contributed by atoms with Crippen molar-refractivity contribution in [3.05, 3.63) is 70.6 Å². The fourth-order valence-electron chi connectivity index (χ4n) is 3.62. The van der Waals surface area contributed by atoms with Gasteiger partial charge in [0.25, 0.3) is 5.56 Å². The second kappa shape index (κ2) is 9.27. The average Bonchev–Trinajstić information content (AvgIpc) is 3.20. The van der Waals surface area contributed by atoms with Crippen LogP contribution >= 0.6 is 11.8 Å². The molecule has 0 aliphatic rings. The number of aromatic amines is 1. The second-order valence-electron chi connectivity index (χ2n) is 7.27. The molecule has 0 saturated carbocycles. The average molecular weight is 451 g/mol. The predicted molar refractivity (Wildman–Crippen MR) is 124 cm³/mol. The molecule has 32 heavy (non-hydrogen) atoms. The van der Waals surface area contributed by atoms with E-state index >= 15 is 0 Å². The molecule has 0 aliphatic heterocycles. The van der Waals surface area contributed by atoms with E-state index in [1.165, 1.54) is 4.57 Å². The van der Waals surface area contributed by atoms with Crippen molar-refractivity contribution in [1.29, 1.82) is 0 Å². The first-order valence-electron chi connectivity index (χ1n) is 10.2. The molecule has 1 unspecified atom stereocenters. The van der Waals surface area contributed by atoms with Crippen molar-refractivity contribution in [2.45, 2.75) is 31.1 Å². The number of aromatic nitrogens is 3. The van der Waals surface area contributed by atoms with Gasteiger partial charge < -0.3 is 15.4 Å². The van der Waals surface area contributed by atoms with E-state index in [9.17, 15) is 19.5 Å². The summed E-state index contributed by atoms with van der Waals surface area (Å²) in [5.74, 6) is -1.60. The zero-order chi connectivity index (χ0) is 22.7. The Bertz CT molecular complexity index is 1360. The van der Waals surface area contributed by atoms with Crippen molar-refractivity contribution in [3.8, 4) is 0 Å². The van der Waals surface area contributed by atoms with E-state index in [0.717, 1.165) is 28.2 Å². The lowest BCUT2D eigenvalue weighted by Gasteiger charge is -2.15. The first-order chi connectivity index (χ1) is 15.5. The molecule has 9 heteroatoms. The molecule has 1 atom stereocenters. The number of fused-ring (bicyclic) bond motifs is 2. The number of thioether (sulfide) groups is 1. The van der Waals surface area contributed by atoms with E-state index < -0.39 is 17.9 Å². The van der Waals surface area contributed by atoms with Gasteiger partial charge in [0.2, 0.25) is 5.91 Å². The number of carboxylic acid groups (broad SMARTS) is 1. The molecule has 0 saturated heterocycles. The van der Waals surface area contributed by atoms with E-state index in [4.69, 9.17) is 0 Å². The first kappa shape index (κ1) is 21.6. The van der Waals surface area contributed by atoms with E-state index in [-0.39, 0.29) is 17.7 Å². The number of carbonyl (C=O) groups is 2. The molecule has 0 aliphatic carbocycles. The van der Waals surface area contributed by atoms with Crippen LogP contribution in [-0.4, -0.2) is 43.3 Å². The van der Waals surface area contributed by atoms with Gasteiger partial charge in [-0.3, -0.25) is 14.2 Å². The molecular weight excluding hydrogens is 428 g/mol. The van der Waals surface area contributed by atoms with Crippen LogP contribution in [0.3, 0.4) is 0 Å². The Morgan fingerprint density at radius 1 is 1.16 bits per heavy atom. The first-order valence-corrected chi connectivity index (χ1v) is 11.2. The maximum absolute atomic E-state index is 12.7. The monoisotopic (exact) mass is 450 g/mol. The summed E-state index contributed by atoms with van der Waals surface area (Å²) in [4.78, 5) is 44.7. The number of nitrogens with one attached hydrogen (secondary N) is 2. The third-order valence-corrected chi connectivity index (χ3v) is 6.18. The zero-order valence-electron chi connectivity index (χ0n) is 17.4. The number of amides is 1. The highest BCUT2D eigenvalue weighted by atomic mass is 32.2. The maximum atomic E-state index is 12.7. The Labute approximate surface area is 187 Å². The lowest BCUT2D eigenvalue weighted by atomic mass is 10.1. The maximum Gasteiger partial charge on any atom is 0.326 e. The molecule has 2 aromatic heterocycles. The molecule has 0 fully saturated rings. The number of H-pyrrole nitrogens is 1. The van der Waals surface area contributed by atoms with Crippen molar-refractivity contribution in [2.24, 2.45) is 0 Å². The van der Waals surface area contributed by atoms with Gasteiger partial charge >= 0.3 is 5.97 Å². The molecule has 4 aromatic rings. The normalized spacial score (nSPS) is 12.2. The summed E-state index contributed by atoms with van der Waals surface area (Å²) in [5.41, 5.74) is 2.13. The molecule has 2 heterocycles. The molecule has 0 spiro atoms. The summed E-state index contributed by atoms with van der Waals surface area (Å²) in [7, 11) is 0. The topological polar surface area (TPSA) is 117 Å². The minimum Gasteiger partial charge on any atom is -0.480 e. The van der Waals surface area contributed by atoms with Gasteiger partial charge in [-0.15, -0.1) is 0 Å². The Morgan fingerprint density at radius 3 is 2.62 bits per heavy atom. The number of hydrogen-bond acceptors (Lipinski definition) is 5. The van der Waals surface area contributed by atoms with Crippen LogP contribution in [0.1, 0.15) is 12.5 Å². The number of benzene rings is 2. The number of carbonyl (C=O) groups excluding carboxylic acids is 1. The lowest BCUT2D eigenvalue weighted by molar-refractivity contribution is -0.141. The summed E-state index contributed by atoms with van der Waals surface area (Å²) in [6, 6.07) is 13.6. The number of para-hydroxylation sites is 2. The van der Waals surface area contributed by atoms with Crippen LogP contribution in [0, 0.1) is 0 Å². The van der Waals surface area contributed by atoms with Gasteiger partial charge in [-0.2, -0.15) is 0 Å². The van der Waals surface area contributed by atoms with Crippen LogP contribution in [0.15, 0.2) is 64.7 Å². The van der Waals surface area contributed by atoms with Gasteiger partial charge in [-0.1, -0.05) is 42.1 Å². The number of hydrogen-bond donors (Lipinski definition) is 3. The summed E-state index contributed by atoms with van der Waals surface area (Å²) in [6.07, 6.45) is 1.92. The Morgan fingerprint density at radius 2 is 1.88 bits per heavy atom. The minimum absolute atomic E-state index is 0.0531. The van der Waals surface area contributed by atoms with Gasteiger partial charge in [-0.05, 0) is 30.7 Å². The molecule has 164 valence electrons. The standard InChI is InChI=1S/C23H22N4O4S/c1-2-27-21(29)16-8-4-6-10-18(16)26-23(27)32-13-20(28)25-19(22(30)31)11-14-12-24-17-9-5-3-7-15(14)17/h3-10,12,19,24H,2,11,13H2,1H3,(H,25,28)(H,30,31). The minimum atomic E-state index is -1.11. The third-order valence-electron chi connectivity index (χ3n) is 5.21. The summed E-state index contributed by atoms with van der Waals surface area (Å²) in [6.45, 7) is 2.25. The Balaban J connectivity index is 1.47. The SMILES string of the molecule is CCn1c(SCC(=O)NC(Cc2c[nH]c3ccccc23)C(=O)O)nc2ccccc2c1=O. The van der Waals surface area contributed by atoms with Crippen LogP contribution in [0.2, 0.25) is 0 Å². The van der Waals surface area contributed by atoms with Crippen molar-refractivity contribution < 1.29 is 14.7 Å². The highest BCUT2D eigenvalue weighted by Crippen LogP contribution is 2.20. The molecule has 3 N–H and O–H groups in total. The third kappa shape index (κ3) is 4.38. The van der Waals surface area contributed by atoms with Gasteiger partial charge in [0, 0.05) is 30.1 Å². The number of rotatable bonds is 8. The molecule has 0 bridgehead atoms. The van der Waals surface area contributed by atoms with Gasteiger partial charge in [0.15, 0.2) is 5.16 Å². The fraction of sp³-hybridized carbons (Fsp3) is 0.217. The van der Waals surface area contributed by atoms with E-state index in [1.807, 2.05) is 31.2 Å². The van der Waals surface area contributed by atoms with E-state index in [2.05, 4.69) is 15.3 Å². The van der Waals surface area contributed by atoms with Crippen LogP contribution in [0.25, 0.3) is 21.8 Å². The second-order valence-corrected chi connectivity index (χ2v) is 8.21. The fourth-order valence-corrected chi connectivity index (χ4v) is 4.50. The summed E-state index contributed by atoms with van der Waals surface area (Å²) >= 11 is 1.11. The van der Waals surface area contributed by atoms with Crippen molar-refractivity contribution in [3.63, 3.8) is 0 Å². The van der Waals surface area contributed by atoms with Crippen LogP contribution < -0.4 is 10.9 Å². The predicted octanol–water partition coefficient (Wildman–Crippen LogP) is 2.80. The van der Waals surface area contributed by atoms with Crippen molar-refractivity contribution in [2.75, 3.05) is 5.75 Å². The number of nitrogens with zero attached hydrogens (tertiary/aromatic N) is 2. The highest BCUT2D eigenvalue weighted by molar-refractivity contribution is 7.99. The molecule has 8 nitrogen and oxygen atoms in total.